The average molecular weight is 464 g/mol. The smallest absolute Gasteiger partial charge is 0.242 e. The fraction of sp³-hybridized carbons (Fsp3) is 0.391. The summed E-state index contributed by atoms with van der Waals surface area (Å²) in [5, 5.41) is 2.68. The van der Waals surface area contributed by atoms with E-state index in [1.807, 2.05) is 0 Å². The van der Waals surface area contributed by atoms with Gasteiger partial charge in [0, 0.05) is 38.7 Å². The van der Waals surface area contributed by atoms with Gasteiger partial charge in [-0.3, -0.25) is 9.59 Å². The lowest BCUT2D eigenvalue weighted by atomic mass is 10.1. The lowest BCUT2D eigenvalue weighted by molar-refractivity contribution is -0.140. The third-order valence-electron chi connectivity index (χ3n) is 5.13. The van der Waals surface area contributed by atoms with Gasteiger partial charge in [-0.25, -0.2) is 17.1 Å². The Balaban J connectivity index is 2.07. The van der Waals surface area contributed by atoms with Gasteiger partial charge in [-0.1, -0.05) is 36.4 Å². The van der Waals surface area contributed by atoms with Crippen molar-refractivity contribution in [3.05, 3.63) is 66.0 Å². The van der Waals surface area contributed by atoms with E-state index in [1.165, 1.54) is 34.5 Å². The summed E-state index contributed by atoms with van der Waals surface area (Å²) < 4.78 is 40.6. The molecule has 0 unspecified atom stereocenters. The van der Waals surface area contributed by atoms with Crippen LogP contribution in [0.3, 0.4) is 0 Å². The Hall–Kier alpha value is -2.78. The molecule has 0 bridgehead atoms. The van der Waals surface area contributed by atoms with E-state index in [2.05, 4.69) is 5.32 Å². The number of hydrogen-bond acceptors (Lipinski definition) is 4. The minimum atomic E-state index is -3.65. The Morgan fingerprint density at radius 2 is 1.69 bits per heavy atom. The third-order valence-corrected chi connectivity index (χ3v) is 7.00. The van der Waals surface area contributed by atoms with Crippen molar-refractivity contribution in [1.29, 1.82) is 0 Å². The monoisotopic (exact) mass is 463 g/mol. The number of carbonyl (C=O) groups is 2. The van der Waals surface area contributed by atoms with Crippen LogP contribution in [0.2, 0.25) is 0 Å². The van der Waals surface area contributed by atoms with Gasteiger partial charge in [0.15, 0.2) is 0 Å². The molecule has 2 aromatic rings. The number of nitrogens with zero attached hydrogens (tertiary/aromatic N) is 2. The summed E-state index contributed by atoms with van der Waals surface area (Å²) in [5.74, 6) is -1.14. The Morgan fingerprint density at radius 3 is 2.31 bits per heavy atom. The van der Waals surface area contributed by atoms with Crippen molar-refractivity contribution in [2.75, 3.05) is 20.1 Å². The molecule has 1 atom stereocenters. The molecule has 0 aliphatic carbocycles. The number of benzene rings is 2. The van der Waals surface area contributed by atoms with E-state index in [9.17, 15) is 22.4 Å². The minimum absolute atomic E-state index is 0.0207. The highest BCUT2D eigenvalue weighted by molar-refractivity contribution is 7.89. The number of likely N-dealkylation sites (N-methyl/N-ethyl adjacent to an activating group) is 1. The van der Waals surface area contributed by atoms with E-state index >= 15 is 0 Å². The summed E-state index contributed by atoms with van der Waals surface area (Å²) in [4.78, 5) is 26.8. The number of hydrogen-bond donors (Lipinski definition) is 1. The maximum atomic E-state index is 14.2. The quantitative estimate of drug-likeness (QED) is 0.555. The summed E-state index contributed by atoms with van der Waals surface area (Å²) in [6.07, 6.45) is 0.282. The van der Waals surface area contributed by atoms with Gasteiger partial charge >= 0.3 is 0 Å². The van der Waals surface area contributed by atoms with Crippen LogP contribution < -0.4 is 5.32 Å². The first-order chi connectivity index (χ1) is 15.2. The van der Waals surface area contributed by atoms with Crippen LogP contribution >= 0.6 is 0 Å². The molecule has 0 saturated carbocycles. The molecule has 0 aliphatic heterocycles. The summed E-state index contributed by atoms with van der Waals surface area (Å²) in [7, 11) is -2.19. The molecule has 2 rings (SSSR count). The standard InChI is InChI=1S/C23H30FN3O4S/c1-4-25-23(29)18(2)27(17-19-11-8-9-14-21(19)24)22(28)15-10-16-26(3)32(30,31)20-12-6-5-7-13-20/h5-9,11-14,18H,4,10,15-17H2,1-3H3,(H,25,29)/t18-/m0/s1. The van der Waals surface area contributed by atoms with Gasteiger partial charge in [-0.2, -0.15) is 0 Å². The van der Waals surface area contributed by atoms with Crippen LogP contribution in [-0.4, -0.2) is 55.6 Å². The molecule has 2 amide bonds. The van der Waals surface area contributed by atoms with Gasteiger partial charge in [-0.05, 0) is 38.5 Å². The first-order valence-corrected chi connectivity index (χ1v) is 11.9. The Bertz CT molecular complexity index is 1010. The van der Waals surface area contributed by atoms with E-state index in [-0.39, 0.29) is 42.6 Å². The van der Waals surface area contributed by atoms with Crippen molar-refractivity contribution in [2.45, 2.75) is 44.2 Å². The number of carbonyl (C=O) groups excluding carboxylic acids is 2. The molecule has 0 radical (unpaired) electrons. The zero-order valence-corrected chi connectivity index (χ0v) is 19.4. The van der Waals surface area contributed by atoms with E-state index in [0.29, 0.717) is 12.1 Å². The SMILES string of the molecule is CCNC(=O)[C@H](C)N(Cc1ccccc1F)C(=O)CCCN(C)S(=O)(=O)c1ccccc1. The normalized spacial score (nSPS) is 12.4. The van der Waals surface area contributed by atoms with Crippen LogP contribution in [0.15, 0.2) is 59.5 Å². The highest BCUT2D eigenvalue weighted by Crippen LogP contribution is 2.17. The molecule has 0 saturated heterocycles. The molecule has 7 nitrogen and oxygen atoms in total. The first kappa shape index (κ1) is 25.5. The maximum Gasteiger partial charge on any atom is 0.242 e. The van der Waals surface area contributed by atoms with E-state index in [0.717, 1.165) is 0 Å². The first-order valence-electron chi connectivity index (χ1n) is 10.5. The fourth-order valence-corrected chi connectivity index (χ4v) is 4.43. The van der Waals surface area contributed by atoms with E-state index in [1.54, 1.807) is 50.2 Å². The molecule has 0 aliphatic rings. The minimum Gasteiger partial charge on any atom is -0.355 e. The van der Waals surface area contributed by atoms with Gasteiger partial charge in [0.1, 0.15) is 11.9 Å². The summed E-state index contributed by atoms with van der Waals surface area (Å²) in [6, 6.07) is 13.4. The molecule has 174 valence electrons. The molecule has 2 aromatic carbocycles. The number of halogens is 1. The molecule has 0 heterocycles. The van der Waals surface area contributed by atoms with E-state index in [4.69, 9.17) is 0 Å². The zero-order chi connectivity index (χ0) is 23.7. The van der Waals surface area contributed by atoms with Gasteiger partial charge in [-0.15, -0.1) is 0 Å². The van der Waals surface area contributed by atoms with Crippen molar-refractivity contribution in [3.8, 4) is 0 Å². The predicted molar refractivity (Wildman–Crippen MR) is 121 cm³/mol. The van der Waals surface area contributed by atoms with Crippen LogP contribution in [0.1, 0.15) is 32.3 Å². The van der Waals surface area contributed by atoms with Gasteiger partial charge < -0.3 is 10.2 Å². The second kappa shape index (κ2) is 11.7. The van der Waals surface area contributed by atoms with Crippen LogP contribution in [0.25, 0.3) is 0 Å². The molecule has 0 fully saturated rings. The van der Waals surface area contributed by atoms with Crippen LogP contribution in [-0.2, 0) is 26.2 Å². The Morgan fingerprint density at radius 1 is 1.06 bits per heavy atom. The second-order valence-electron chi connectivity index (χ2n) is 7.43. The lowest BCUT2D eigenvalue weighted by Gasteiger charge is -2.29. The van der Waals surface area contributed by atoms with Gasteiger partial charge in [0.25, 0.3) is 0 Å². The van der Waals surface area contributed by atoms with Crippen molar-refractivity contribution < 1.29 is 22.4 Å². The Kier molecular flexibility index (Phi) is 9.34. The lowest BCUT2D eigenvalue weighted by Crippen LogP contribution is -2.47. The molecule has 1 N–H and O–H groups in total. The fourth-order valence-electron chi connectivity index (χ4n) is 3.20. The van der Waals surface area contributed by atoms with Crippen LogP contribution in [0.5, 0.6) is 0 Å². The summed E-state index contributed by atoms with van der Waals surface area (Å²) in [5.41, 5.74) is 0.306. The molecule has 9 heteroatoms. The van der Waals surface area contributed by atoms with Crippen LogP contribution in [0.4, 0.5) is 4.39 Å². The van der Waals surface area contributed by atoms with Crippen molar-refractivity contribution in [1.82, 2.24) is 14.5 Å². The summed E-state index contributed by atoms with van der Waals surface area (Å²) >= 11 is 0. The molecular formula is C23H30FN3O4S. The van der Waals surface area contributed by atoms with Crippen molar-refractivity contribution in [2.24, 2.45) is 0 Å². The molecule has 0 aromatic heterocycles. The predicted octanol–water partition coefficient (Wildman–Crippen LogP) is 2.78. The highest BCUT2D eigenvalue weighted by Gasteiger charge is 2.27. The Labute approximate surface area is 189 Å². The number of sulfonamides is 1. The number of rotatable bonds is 11. The van der Waals surface area contributed by atoms with E-state index < -0.39 is 21.9 Å². The largest absolute Gasteiger partial charge is 0.355 e. The molecule has 0 spiro atoms. The number of amides is 2. The zero-order valence-electron chi connectivity index (χ0n) is 18.6. The van der Waals surface area contributed by atoms with Gasteiger partial charge in [0.05, 0.1) is 4.90 Å². The second-order valence-corrected chi connectivity index (χ2v) is 9.47. The summed E-state index contributed by atoms with van der Waals surface area (Å²) in [6.45, 7) is 3.85. The molecular weight excluding hydrogens is 433 g/mol. The van der Waals surface area contributed by atoms with Gasteiger partial charge in [0.2, 0.25) is 21.8 Å². The van der Waals surface area contributed by atoms with Crippen molar-refractivity contribution in [3.63, 3.8) is 0 Å². The topological polar surface area (TPSA) is 86.8 Å². The van der Waals surface area contributed by atoms with Crippen LogP contribution in [0, 0.1) is 5.82 Å². The maximum absolute atomic E-state index is 14.2. The third kappa shape index (κ3) is 6.61. The van der Waals surface area contributed by atoms with Crippen molar-refractivity contribution >= 4 is 21.8 Å². The average Bonchev–Trinajstić information content (AvgIpc) is 2.78. The highest BCUT2D eigenvalue weighted by atomic mass is 32.2. The number of nitrogens with one attached hydrogen (secondary N) is 1. The molecule has 32 heavy (non-hydrogen) atoms.